The fourth-order valence-corrected chi connectivity index (χ4v) is 3.33. The lowest BCUT2D eigenvalue weighted by Gasteiger charge is -2.05. The summed E-state index contributed by atoms with van der Waals surface area (Å²) in [4.78, 5) is 19.6. The number of imidazole rings is 1. The van der Waals surface area contributed by atoms with Gasteiger partial charge < -0.3 is 11.5 Å². The Morgan fingerprint density at radius 3 is 2.65 bits per heavy atom. The molecule has 0 saturated heterocycles. The average Bonchev–Trinajstić information content (AvgIpc) is 3.03. The van der Waals surface area contributed by atoms with Crippen molar-refractivity contribution in [1.82, 2.24) is 9.38 Å². The number of pyridine rings is 1. The Balaban J connectivity index is 0.00000341. The van der Waals surface area contributed by atoms with Crippen molar-refractivity contribution < 1.29 is 18.0 Å². The predicted octanol–water partition coefficient (Wildman–Crippen LogP) is 3.21. The van der Waals surface area contributed by atoms with E-state index in [2.05, 4.69) is 21.8 Å². The highest BCUT2D eigenvalue weighted by Crippen LogP contribution is 2.29. The van der Waals surface area contributed by atoms with Gasteiger partial charge in [0, 0.05) is 17.5 Å². The summed E-state index contributed by atoms with van der Waals surface area (Å²) < 4.78 is 40.5. The van der Waals surface area contributed by atoms with Gasteiger partial charge in [-0.25, -0.2) is 4.98 Å². The smallest absolute Gasteiger partial charge is 0.370 e. The molecule has 0 radical (unpaired) electrons. The highest BCUT2D eigenvalue weighted by molar-refractivity contribution is 7.99. The number of hydrogen-bond acceptors (Lipinski definition) is 3. The fourth-order valence-electron chi connectivity index (χ4n) is 2.59. The third kappa shape index (κ3) is 6.41. The Morgan fingerprint density at radius 1 is 1.16 bits per heavy atom. The summed E-state index contributed by atoms with van der Waals surface area (Å²) in [7, 11) is 0. The quantitative estimate of drug-likeness (QED) is 0.349. The van der Waals surface area contributed by atoms with Crippen LogP contribution in [-0.2, 0) is 16.7 Å². The van der Waals surface area contributed by atoms with Crippen LogP contribution >= 0.6 is 24.2 Å². The summed E-state index contributed by atoms with van der Waals surface area (Å²) in [6, 6.07) is 10.2. The van der Waals surface area contributed by atoms with Crippen LogP contribution in [0.1, 0.15) is 22.5 Å². The first-order valence-electron chi connectivity index (χ1n) is 8.59. The van der Waals surface area contributed by atoms with E-state index in [4.69, 9.17) is 11.5 Å². The minimum Gasteiger partial charge on any atom is -0.370 e. The number of amides is 1. The van der Waals surface area contributed by atoms with E-state index in [9.17, 15) is 18.0 Å². The molecule has 0 aliphatic rings. The molecule has 6 nitrogen and oxygen atoms in total. The molecule has 4 N–H and O–H groups in total. The Hall–Kier alpha value is -3.16. The number of hydrogen-bond donors (Lipinski definition) is 2. The lowest BCUT2D eigenvalue weighted by atomic mass is 10.1. The molecule has 0 spiro atoms. The molecule has 3 aromatic rings. The van der Waals surface area contributed by atoms with Gasteiger partial charge in [-0.05, 0) is 36.3 Å². The number of carbonyl (C=O) groups is 1. The van der Waals surface area contributed by atoms with E-state index < -0.39 is 17.6 Å². The maximum Gasteiger partial charge on any atom is 0.416 e. The first-order chi connectivity index (χ1) is 14.2. The number of halogens is 4. The second kappa shape index (κ2) is 10.2. The number of alkyl halides is 3. The number of nitrogens with zero attached hydrogens (tertiary/aromatic N) is 3. The topological polar surface area (TPSA) is 98.8 Å². The summed E-state index contributed by atoms with van der Waals surface area (Å²) >= 11 is 1.25. The van der Waals surface area contributed by atoms with Crippen LogP contribution in [0.2, 0.25) is 0 Å². The van der Waals surface area contributed by atoms with Crippen LogP contribution in [-0.4, -0.2) is 27.0 Å². The molecule has 11 heteroatoms. The third-order valence-corrected chi connectivity index (χ3v) is 4.76. The summed E-state index contributed by atoms with van der Waals surface area (Å²) in [5, 5.41) is 0. The van der Waals surface area contributed by atoms with Gasteiger partial charge >= 0.3 is 6.18 Å². The molecule has 162 valence electrons. The zero-order valence-electron chi connectivity index (χ0n) is 15.9. The van der Waals surface area contributed by atoms with Crippen molar-refractivity contribution in [1.29, 1.82) is 0 Å². The maximum atomic E-state index is 12.9. The van der Waals surface area contributed by atoms with Gasteiger partial charge in [0.25, 0.3) is 5.91 Å². The molecular weight excluding hydrogens is 451 g/mol. The van der Waals surface area contributed by atoms with Crippen LogP contribution in [0, 0.1) is 11.8 Å². The molecule has 2 aromatic heterocycles. The van der Waals surface area contributed by atoms with Gasteiger partial charge in [-0.15, -0.1) is 24.2 Å². The largest absolute Gasteiger partial charge is 0.416 e. The van der Waals surface area contributed by atoms with Crippen molar-refractivity contribution >= 4 is 41.7 Å². The zero-order chi connectivity index (χ0) is 21.7. The second-order valence-corrected chi connectivity index (χ2v) is 7.07. The molecular formula is C20H17ClF3N5OS. The molecule has 2 heterocycles. The molecule has 3 rings (SSSR count). The van der Waals surface area contributed by atoms with Crippen molar-refractivity contribution in [2.75, 3.05) is 5.75 Å². The highest BCUT2D eigenvalue weighted by atomic mass is 35.5. The Kier molecular flexibility index (Phi) is 7.96. The van der Waals surface area contributed by atoms with E-state index >= 15 is 0 Å². The summed E-state index contributed by atoms with van der Waals surface area (Å²) in [5.41, 5.74) is 11.6. The van der Waals surface area contributed by atoms with Crippen LogP contribution in [0.5, 0.6) is 0 Å². The minimum absolute atomic E-state index is 0. The lowest BCUT2D eigenvalue weighted by molar-refractivity contribution is -0.137. The Labute approximate surface area is 186 Å². The van der Waals surface area contributed by atoms with Gasteiger partial charge in [0.15, 0.2) is 5.96 Å². The molecule has 0 aliphatic heterocycles. The number of rotatable bonds is 4. The zero-order valence-corrected chi connectivity index (χ0v) is 17.5. The van der Waals surface area contributed by atoms with Crippen LogP contribution in [0.25, 0.3) is 5.65 Å². The number of carbonyl (C=O) groups excluding carboxylic acids is 1. The first kappa shape index (κ1) is 24.1. The Bertz CT molecular complexity index is 1180. The van der Waals surface area contributed by atoms with Crippen LogP contribution in [0.3, 0.4) is 0 Å². The van der Waals surface area contributed by atoms with E-state index in [1.165, 1.54) is 23.9 Å². The maximum absolute atomic E-state index is 12.9. The van der Waals surface area contributed by atoms with Crippen molar-refractivity contribution in [2.45, 2.75) is 11.9 Å². The van der Waals surface area contributed by atoms with E-state index in [1.54, 1.807) is 22.7 Å². The highest BCUT2D eigenvalue weighted by Gasteiger charge is 2.30. The minimum atomic E-state index is -4.44. The molecule has 0 aliphatic carbocycles. The number of fused-ring (bicyclic) bond motifs is 1. The van der Waals surface area contributed by atoms with Crippen molar-refractivity contribution in [2.24, 2.45) is 16.5 Å². The van der Waals surface area contributed by atoms with Crippen molar-refractivity contribution in [3.05, 3.63) is 71.2 Å². The third-order valence-electron chi connectivity index (χ3n) is 3.84. The molecule has 0 fully saturated rings. The molecule has 0 saturated carbocycles. The molecule has 0 unspecified atom stereocenters. The number of guanidine groups is 1. The predicted molar refractivity (Wildman–Crippen MR) is 117 cm³/mol. The number of nitrogens with two attached hydrogens (primary N) is 2. The summed E-state index contributed by atoms with van der Waals surface area (Å²) in [6.45, 7) is 0. The Morgan fingerprint density at radius 2 is 1.94 bits per heavy atom. The number of aromatic nitrogens is 2. The van der Waals surface area contributed by atoms with Gasteiger partial charge in [0.05, 0.1) is 17.0 Å². The van der Waals surface area contributed by atoms with Gasteiger partial charge in [-0.2, -0.15) is 18.2 Å². The normalized spacial score (nSPS) is 10.7. The number of thioether (sulfide) groups is 1. The molecule has 31 heavy (non-hydrogen) atoms. The van der Waals surface area contributed by atoms with Gasteiger partial charge in [0.1, 0.15) is 11.3 Å². The SMILES string of the molecule is Cl.NC(N)=NC(=O)CSCc1nc2ccccn2c1C#Cc1cccc(C(F)(F)F)c1. The van der Waals surface area contributed by atoms with E-state index in [1.807, 2.05) is 6.07 Å². The number of benzene rings is 1. The van der Waals surface area contributed by atoms with Gasteiger partial charge in [-0.1, -0.05) is 18.1 Å². The number of aliphatic imine (C=N–C) groups is 1. The molecule has 1 amide bonds. The molecule has 0 bridgehead atoms. The van der Waals surface area contributed by atoms with E-state index in [-0.39, 0.29) is 29.7 Å². The average molecular weight is 468 g/mol. The first-order valence-corrected chi connectivity index (χ1v) is 9.75. The lowest BCUT2D eigenvalue weighted by Crippen LogP contribution is -2.24. The van der Waals surface area contributed by atoms with Gasteiger partial charge in [-0.3, -0.25) is 9.20 Å². The summed E-state index contributed by atoms with van der Waals surface area (Å²) in [5.74, 6) is 5.31. The van der Waals surface area contributed by atoms with Crippen molar-refractivity contribution in [3.63, 3.8) is 0 Å². The molecule has 0 atom stereocenters. The monoisotopic (exact) mass is 467 g/mol. The van der Waals surface area contributed by atoms with Crippen LogP contribution in [0.15, 0.2) is 53.7 Å². The van der Waals surface area contributed by atoms with Gasteiger partial charge in [0.2, 0.25) is 0 Å². The van der Waals surface area contributed by atoms with Crippen molar-refractivity contribution in [3.8, 4) is 11.8 Å². The molecule has 1 aromatic carbocycles. The van der Waals surface area contributed by atoms with Crippen LogP contribution in [0.4, 0.5) is 13.2 Å². The summed E-state index contributed by atoms with van der Waals surface area (Å²) in [6.07, 6.45) is -2.68. The standard InChI is InChI=1S/C20H16F3N5OS.ClH/c21-20(22,23)14-5-3-4-13(10-14)7-8-16-15(11-30-12-18(29)27-19(24)25)26-17-6-1-2-9-28(16)17;/h1-6,9-10H,11-12H2,(H4,24,25,27,29);1H. The van der Waals surface area contributed by atoms with E-state index in [0.717, 1.165) is 12.1 Å². The van der Waals surface area contributed by atoms with Crippen LogP contribution < -0.4 is 11.5 Å². The fraction of sp³-hybridized carbons (Fsp3) is 0.150. The second-order valence-electron chi connectivity index (χ2n) is 6.09. The van der Waals surface area contributed by atoms with E-state index in [0.29, 0.717) is 22.8 Å².